The monoisotopic (exact) mass is 403 g/mol. The number of thiazole rings is 1. The van der Waals surface area contributed by atoms with Gasteiger partial charge in [0.05, 0.1) is 42.0 Å². The van der Waals surface area contributed by atoms with Crippen LogP contribution in [0.15, 0.2) is 30.3 Å². The molecule has 0 radical (unpaired) electrons. The van der Waals surface area contributed by atoms with Gasteiger partial charge in [-0.25, -0.2) is 4.98 Å². The summed E-state index contributed by atoms with van der Waals surface area (Å²) >= 11 is 1.24. The molecule has 3 rings (SSSR count). The van der Waals surface area contributed by atoms with Gasteiger partial charge in [-0.3, -0.25) is 20.2 Å². The molecule has 0 bridgehead atoms. The number of ether oxygens (including phenoxy) is 3. The van der Waals surface area contributed by atoms with Crippen molar-refractivity contribution in [2.75, 3.05) is 26.1 Å². The Morgan fingerprint density at radius 2 is 2.00 bits per heavy atom. The largest absolute Gasteiger partial charge is 0.497 e. The number of benzene rings is 2. The zero-order valence-electron chi connectivity index (χ0n) is 15.3. The molecule has 1 aromatic heterocycles. The molecule has 0 saturated carbocycles. The van der Waals surface area contributed by atoms with Gasteiger partial charge < -0.3 is 14.2 Å². The summed E-state index contributed by atoms with van der Waals surface area (Å²) < 4.78 is 16.5. The van der Waals surface area contributed by atoms with Crippen molar-refractivity contribution in [3.05, 3.63) is 46.0 Å². The van der Waals surface area contributed by atoms with Crippen LogP contribution in [0.25, 0.3) is 10.2 Å². The van der Waals surface area contributed by atoms with Crippen molar-refractivity contribution >= 4 is 38.3 Å². The molecule has 3 aromatic rings. The van der Waals surface area contributed by atoms with Gasteiger partial charge in [0.1, 0.15) is 11.3 Å². The zero-order valence-corrected chi connectivity index (χ0v) is 16.2. The number of carbonyl (C=O) groups is 1. The van der Waals surface area contributed by atoms with Crippen LogP contribution >= 0.6 is 11.3 Å². The van der Waals surface area contributed by atoms with Crippen molar-refractivity contribution in [3.63, 3.8) is 0 Å². The Morgan fingerprint density at radius 1 is 1.21 bits per heavy atom. The summed E-state index contributed by atoms with van der Waals surface area (Å²) in [4.78, 5) is 27.8. The molecule has 1 N–H and O–H groups in total. The molecule has 0 aliphatic heterocycles. The van der Waals surface area contributed by atoms with E-state index in [1.165, 1.54) is 30.6 Å². The number of nitrogens with one attached hydrogen (secondary N) is 1. The second-order valence-corrected chi connectivity index (χ2v) is 6.55. The van der Waals surface area contributed by atoms with E-state index in [1.807, 2.05) is 0 Å². The molecular weight excluding hydrogens is 386 g/mol. The molecule has 28 heavy (non-hydrogen) atoms. The highest BCUT2D eigenvalue weighted by Crippen LogP contribution is 2.36. The summed E-state index contributed by atoms with van der Waals surface area (Å²) in [6.45, 7) is 2.04. The Bertz CT molecular complexity index is 1050. The second kappa shape index (κ2) is 8.09. The van der Waals surface area contributed by atoms with Gasteiger partial charge in [0.15, 0.2) is 16.6 Å². The summed E-state index contributed by atoms with van der Waals surface area (Å²) in [6, 6.07) is 7.79. The minimum atomic E-state index is -0.668. The normalized spacial score (nSPS) is 10.5. The quantitative estimate of drug-likeness (QED) is 0.470. The van der Waals surface area contributed by atoms with Crippen molar-refractivity contribution in [2.45, 2.75) is 6.92 Å². The molecule has 0 unspecified atom stereocenters. The van der Waals surface area contributed by atoms with Crippen molar-refractivity contribution < 1.29 is 23.9 Å². The lowest BCUT2D eigenvalue weighted by Crippen LogP contribution is -2.14. The summed E-state index contributed by atoms with van der Waals surface area (Å²) in [5.41, 5.74) is 0.145. The van der Waals surface area contributed by atoms with E-state index in [9.17, 15) is 14.9 Å². The van der Waals surface area contributed by atoms with E-state index >= 15 is 0 Å². The molecule has 1 heterocycles. The van der Waals surface area contributed by atoms with Crippen LogP contribution in [-0.2, 0) is 0 Å². The van der Waals surface area contributed by atoms with Crippen LogP contribution in [0.4, 0.5) is 10.8 Å². The van der Waals surface area contributed by atoms with Crippen LogP contribution in [0.1, 0.15) is 17.3 Å². The molecule has 0 fully saturated rings. The highest BCUT2D eigenvalue weighted by Gasteiger charge is 2.25. The summed E-state index contributed by atoms with van der Waals surface area (Å²) in [5.74, 6) is 0.423. The maximum Gasteiger partial charge on any atom is 0.286 e. The van der Waals surface area contributed by atoms with Gasteiger partial charge in [0, 0.05) is 6.07 Å². The molecule has 0 spiro atoms. The van der Waals surface area contributed by atoms with Crippen LogP contribution in [0.2, 0.25) is 0 Å². The molecule has 2 aromatic carbocycles. The van der Waals surface area contributed by atoms with Crippen molar-refractivity contribution in [1.82, 2.24) is 4.98 Å². The number of hydrogen-bond donors (Lipinski definition) is 1. The maximum atomic E-state index is 12.7. The Kier molecular flexibility index (Phi) is 5.59. The van der Waals surface area contributed by atoms with E-state index in [1.54, 1.807) is 32.2 Å². The lowest BCUT2D eigenvalue weighted by Gasteiger charge is -2.11. The minimum Gasteiger partial charge on any atom is -0.497 e. The fourth-order valence-corrected chi connectivity index (χ4v) is 3.45. The lowest BCUT2D eigenvalue weighted by molar-refractivity contribution is -0.385. The van der Waals surface area contributed by atoms with Crippen molar-refractivity contribution in [3.8, 4) is 17.2 Å². The van der Waals surface area contributed by atoms with Gasteiger partial charge in [-0.2, -0.15) is 0 Å². The first-order valence-electron chi connectivity index (χ1n) is 8.22. The van der Waals surface area contributed by atoms with E-state index in [-0.39, 0.29) is 22.7 Å². The third-order valence-electron chi connectivity index (χ3n) is 3.84. The maximum absolute atomic E-state index is 12.7. The summed E-state index contributed by atoms with van der Waals surface area (Å²) in [6.07, 6.45) is 0. The first-order valence-corrected chi connectivity index (χ1v) is 9.03. The smallest absolute Gasteiger partial charge is 0.286 e. The molecule has 146 valence electrons. The van der Waals surface area contributed by atoms with Gasteiger partial charge in [-0.1, -0.05) is 11.3 Å². The van der Waals surface area contributed by atoms with Gasteiger partial charge in [0.2, 0.25) is 0 Å². The minimum absolute atomic E-state index is 0.151. The molecule has 9 nitrogen and oxygen atoms in total. The fourth-order valence-electron chi connectivity index (χ4n) is 2.56. The molecular formula is C18H17N3O6S. The van der Waals surface area contributed by atoms with Gasteiger partial charge in [-0.15, -0.1) is 0 Å². The predicted octanol–water partition coefficient (Wildman–Crippen LogP) is 3.87. The Labute approximate surface area is 164 Å². The Balaban J connectivity index is 1.96. The standard InChI is InChI=1S/C18H17N3O6S/c1-4-27-15-9-13(21(23)24)11(8-14(15)26-3)17(22)20-18-19-12-6-5-10(25-2)7-16(12)28-18/h5-9H,4H2,1-3H3,(H,19,20,22). The van der Waals surface area contributed by atoms with Crippen molar-refractivity contribution in [1.29, 1.82) is 0 Å². The molecule has 0 aliphatic rings. The third-order valence-corrected chi connectivity index (χ3v) is 4.77. The van der Waals surface area contributed by atoms with E-state index in [4.69, 9.17) is 14.2 Å². The number of nitrogens with zero attached hydrogens (tertiary/aromatic N) is 2. The van der Waals surface area contributed by atoms with Crippen LogP contribution in [0, 0.1) is 10.1 Å². The van der Waals surface area contributed by atoms with Gasteiger partial charge >= 0.3 is 0 Å². The third kappa shape index (κ3) is 3.81. The van der Waals surface area contributed by atoms with Crippen LogP contribution in [0.5, 0.6) is 17.2 Å². The number of hydrogen-bond acceptors (Lipinski definition) is 8. The number of anilines is 1. The SMILES string of the molecule is CCOc1cc([N+](=O)[O-])c(C(=O)Nc2nc3ccc(OC)cc3s2)cc1OC. The number of nitro groups is 1. The topological polar surface area (TPSA) is 113 Å². The highest BCUT2D eigenvalue weighted by atomic mass is 32.1. The Hall–Kier alpha value is -3.40. The van der Waals surface area contributed by atoms with Gasteiger partial charge in [-0.05, 0) is 25.1 Å². The average molecular weight is 403 g/mol. The molecule has 0 saturated heterocycles. The lowest BCUT2D eigenvalue weighted by atomic mass is 10.1. The molecule has 0 atom stereocenters. The van der Waals surface area contributed by atoms with E-state index in [0.717, 1.165) is 4.70 Å². The number of carbonyl (C=O) groups excluding carboxylic acids is 1. The molecule has 1 amide bonds. The van der Waals surface area contributed by atoms with E-state index in [0.29, 0.717) is 23.0 Å². The van der Waals surface area contributed by atoms with Crippen LogP contribution in [0.3, 0.4) is 0 Å². The van der Waals surface area contributed by atoms with E-state index in [2.05, 4.69) is 10.3 Å². The first kappa shape index (κ1) is 19.4. The zero-order chi connectivity index (χ0) is 20.3. The predicted molar refractivity (Wildman–Crippen MR) is 105 cm³/mol. The van der Waals surface area contributed by atoms with Crippen LogP contribution < -0.4 is 19.5 Å². The summed E-state index contributed by atoms with van der Waals surface area (Å²) in [5, 5.41) is 14.4. The molecule has 10 heteroatoms. The summed E-state index contributed by atoms with van der Waals surface area (Å²) in [7, 11) is 2.95. The van der Waals surface area contributed by atoms with Gasteiger partial charge in [0.25, 0.3) is 11.6 Å². The second-order valence-electron chi connectivity index (χ2n) is 5.52. The van der Waals surface area contributed by atoms with E-state index < -0.39 is 10.8 Å². The first-order chi connectivity index (χ1) is 13.5. The molecule has 0 aliphatic carbocycles. The highest BCUT2D eigenvalue weighted by molar-refractivity contribution is 7.22. The average Bonchev–Trinajstić information content (AvgIpc) is 3.08. The number of nitro benzene ring substituents is 1. The number of amides is 1. The number of fused-ring (bicyclic) bond motifs is 1. The number of aromatic nitrogens is 1. The number of methoxy groups -OCH3 is 2. The number of rotatable bonds is 7. The Morgan fingerprint density at radius 3 is 2.64 bits per heavy atom. The fraction of sp³-hybridized carbons (Fsp3) is 0.222. The van der Waals surface area contributed by atoms with Crippen molar-refractivity contribution in [2.24, 2.45) is 0 Å². The van der Waals surface area contributed by atoms with Crippen LogP contribution in [-0.4, -0.2) is 36.6 Å².